The summed E-state index contributed by atoms with van der Waals surface area (Å²) in [6, 6.07) is 12.4. The number of para-hydroxylation sites is 1. The van der Waals surface area contributed by atoms with Gasteiger partial charge in [0, 0.05) is 17.7 Å². The van der Waals surface area contributed by atoms with E-state index >= 15 is 0 Å². The average molecular weight is 368 g/mol. The molecule has 2 amide bonds. The summed E-state index contributed by atoms with van der Waals surface area (Å²) in [5.41, 5.74) is 1.19. The molecule has 27 heavy (non-hydrogen) atoms. The smallest absolute Gasteiger partial charge is 0.293 e. The average Bonchev–Trinajstić information content (AvgIpc) is 3.32. The number of hydrogen-bond acceptors (Lipinski definition) is 4. The predicted octanol–water partition coefficient (Wildman–Crippen LogP) is 3.94. The molecule has 0 saturated carbocycles. The lowest BCUT2D eigenvalue weighted by molar-refractivity contribution is -0.124. The van der Waals surface area contributed by atoms with E-state index in [1.54, 1.807) is 24.3 Å². The van der Waals surface area contributed by atoms with Crippen LogP contribution in [0.25, 0.3) is 11.0 Å². The molecule has 2 heterocycles. The summed E-state index contributed by atoms with van der Waals surface area (Å²) in [5, 5.41) is 6.04. The Hall–Kier alpha value is -3.19. The van der Waals surface area contributed by atoms with Gasteiger partial charge in [-0.05, 0) is 49.2 Å². The van der Waals surface area contributed by atoms with E-state index in [0.29, 0.717) is 35.4 Å². The molecule has 1 fully saturated rings. The Balaban J connectivity index is 1.65. The number of benzene rings is 2. The molecule has 7 heteroatoms. The van der Waals surface area contributed by atoms with Crippen molar-refractivity contribution in [1.29, 1.82) is 0 Å². The molecular weight excluding hydrogens is 351 g/mol. The van der Waals surface area contributed by atoms with Crippen molar-refractivity contribution in [3.05, 3.63) is 60.1 Å². The van der Waals surface area contributed by atoms with Gasteiger partial charge in [0.15, 0.2) is 0 Å². The zero-order valence-corrected chi connectivity index (χ0v) is 14.3. The van der Waals surface area contributed by atoms with Crippen molar-refractivity contribution in [1.82, 2.24) is 0 Å². The number of ether oxygens (including phenoxy) is 1. The highest BCUT2D eigenvalue weighted by Gasteiger charge is 2.28. The van der Waals surface area contributed by atoms with Gasteiger partial charge in [-0.15, -0.1) is 0 Å². The third kappa shape index (κ3) is 3.54. The molecule has 0 bridgehead atoms. The second-order valence-corrected chi connectivity index (χ2v) is 6.25. The summed E-state index contributed by atoms with van der Waals surface area (Å²) in [7, 11) is 0. The lowest BCUT2D eigenvalue weighted by atomic mass is 10.2. The maximum atomic E-state index is 13.1. The van der Waals surface area contributed by atoms with Gasteiger partial charge in [-0.3, -0.25) is 9.59 Å². The second kappa shape index (κ2) is 7.20. The number of rotatable bonds is 4. The molecule has 4 rings (SSSR count). The summed E-state index contributed by atoms with van der Waals surface area (Å²) < 4.78 is 24.1. The first-order valence-corrected chi connectivity index (χ1v) is 8.63. The normalized spacial score (nSPS) is 16.4. The molecule has 6 nitrogen and oxygen atoms in total. The summed E-state index contributed by atoms with van der Waals surface area (Å²) in [6.07, 6.45) is 0.924. The minimum atomic E-state index is -0.541. The minimum Gasteiger partial charge on any atom is -0.449 e. The first kappa shape index (κ1) is 17.2. The molecule has 138 valence electrons. The molecule has 1 atom stereocenters. The van der Waals surface area contributed by atoms with Crippen molar-refractivity contribution < 1.29 is 23.1 Å². The number of anilines is 2. The van der Waals surface area contributed by atoms with Crippen LogP contribution in [0, 0.1) is 5.82 Å². The van der Waals surface area contributed by atoms with Crippen LogP contribution in [0.5, 0.6) is 0 Å². The van der Waals surface area contributed by atoms with Gasteiger partial charge < -0.3 is 19.8 Å². The fraction of sp³-hybridized carbons (Fsp3) is 0.200. The first-order chi connectivity index (χ1) is 13.1. The fourth-order valence-electron chi connectivity index (χ4n) is 3.04. The van der Waals surface area contributed by atoms with Gasteiger partial charge in [-0.25, -0.2) is 4.39 Å². The fourth-order valence-corrected chi connectivity index (χ4v) is 3.04. The molecule has 0 aliphatic carbocycles. The number of carbonyl (C=O) groups is 2. The van der Waals surface area contributed by atoms with Crippen LogP contribution in [-0.4, -0.2) is 24.5 Å². The van der Waals surface area contributed by atoms with E-state index < -0.39 is 17.8 Å². The highest BCUT2D eigenvalue weighted by molar-refractivity contribution is 6.15. The van der Waals surface area contributed by atoms with Gasteiger partial charge in [-0.1, -0.05) is 12.1 Å². The highest BCUT2D eigenvalue weighted by Crippen LogP contribution is 2.32. The number of nitrogens with one attached hydrogen (secondary N) is 2. The zero-order chi connectivity index (χ0) is 18.8. The first-order valence-electron chi connectivity index (χ1n) is 8.63. The van der Waals surface area contributed by atoms with Crippen LogP contribution < -0.4 is 10.6 Å². The predicted molar refractivity (Wildman–Crippen MR) is 98.2 cm³/mol. The maximum Gasteiger partial charge on any atom is 0.293 e. The van der Waals surface area contributed by atoms with Crippen molar-refractivity contribution in [3.63, 3.8) is 0 Å². The van der Waals surface area contributed by atoms with E-state index in [2.05, 4.69) is 10.6 Å². The largest absolute Gasteiger partial charge is 0.449 e. The minimum absolute atomic E-state index is 0.0214. The third-order valence-electron chi connectivity index (χ3n) is 4.37. The molecule has 3 aromatic rings. The Labute approximate surface area is 154 Å². The van der Waals surface area contributed by atoms with Crippen LogP contribution in [0.1, 0.15) is 23.4 Å². The van der Waals surface area contributed by atoms with Crippen LogP contribution in [0.2, 0.25) is 0 Å². The monoisotopic (exact) mass is 368 g/mol. The number of hydrogen-bond donors (Lipinski definition) is 2. The van der Waals surface area contributed by atoms with E-state index in [0.717, 1.165) is 6.42 Å². The number of furan rings is 1. The molecular formula is C20H17FN2O4. The number of halogens is 1. The van der Waals surface area contributed by atoms with Crippen LogP contribution >= 0.6 is 0 Å². The topological polar surface area (TPSA) is 80.6 Å². The number of amides is 2. The van der Waals surface area contributed by atoms with Crippen molar-refractivity contribution in [3.8, 4) is 0 Å². The molecule has 2 N–H and O–H groups in total. The maximum absolute atomic E-state index is 13.1. The van der Waals surface area contributed by atoms with Crippen LogP contribution in [0.3, 0.4) is 0 Å². The van der Waals surface area contributed by atoms with E-state index in [-0.39, 0.29) is 11.7 Å². The molecule has 1 aromatic heterocycles. The van der Waals surface area contributed by atoms with Crippen molar-refractivity contribution in [2.24, 2.45) is 0 Å². The van der Waals surface area contributed by atoms with Crippen LogP contribution in [0.4, 0.5) is 15.8 Å². The van der Waals surface area contributed by atoms with Crippen molar-refractivity contribution in [2.45, 2.75) is 18.9 Å². The van der Waals surface area contributed by atoms with Gasteiger partial charge in [-0.2, -0.15) is 0 Å². The Morgan fingerprint density at radius 1 is 1.04 bits per heavy atom. The summed E-state index contributed by atoms with van der Waals surface area (Å²) in [6.45, 7) is 0.544. The summed E-state index contributed by atoms with van der Waals surface area (Å²) in [5.74, 6) is -1.27. The van der Waals surface area contributed by atoms with E-state index in [1.165, 1.54) is 24.3 Å². The van der Waals surface area contributed by atoms with Crippen LogP contribution in [-0.2, 0) is 9.53 Å². The Bertz CT molecular complexity index is 991. The lowest BCUT2D eigenvalue weighted by Crippen LogP contribution is -2.27. The molecule has 1 saturated heterocycles. The summed E-state index contributed by atoms with van der Waals surface area (Å²) >= 11 is 0. The third-order valence-corrected chi connectivity index (χ3v) is 4.37. The number of fused-ring (bicyclic) bond motifs is 1. The van der Waals surface area contributed by atoms with E-state index in [9.17, 15) is 14.0 Å². The summed E-state index contributed by atoms with van der Waals surface area (Å²) in [4.78, 5) is 25.2. The van der Waals surface area contributed by atoms with Gasteiger partial charge in [0.1, 0.15) is 23.2 Å². The van der Waals surface area contributed by atoms with Gasteiger partial charge in [0.05, 0.1) is 0 Å². The zero-order valence-electron chi connectivity index (χ0n) is 14.3. The Morgan fingerprint density at radius 2 is 1.81 bits per heavy atom. The Kier molecular flexibility index (Phi) is 4.60. The molecule has 1 aliphatic heterocycles. The molecule has 1 aliphatic rings. The lowest BCUT2D eigenvalue weighted by Gasteiger charge is -2.11. The second-order valence-electron chi connectivity index (χ2n) is 6.25. The van der Waals surface area contributed by atoms with Gasteiger partial charge >= 0.3 is 0 Å². The quantitative estimate of drug-likeness (QED) is 0.731. The molecule has 0 unspecified atom stereocenters. The highest BCUT2D eigenvalue weighted by atomic mass is 19.1. The molecule has 0 radical (unpaired) electrons. The SMILES string of the molecule is O=C(Nc1ccc(F)cc1)c1oc2ccccc2c1NC(=O)[C@@H]1CCCO1. The van der Waals surface area contributed by atoms with Gasteiger partial charge in [0.2, 0.25) is 5.76 Å². The van der Waals surface area contributed by atoms with Crippen molar-refractivity contribution in [2.75, 3.05) is 17.2 Å². The van der Waals surface area contributed by atoms with Crippen molar-refractivity contribution >= 4 is 34.2 Å². The molecule has 0 spiro atoms. The Morgan fingerprint density at radius 3 is 2.56 bits per heavy atom. The van der Waals surface area contributed by atoms with Crippen LogP contribution in [0.15, 0.2) is 52.9 Å². The van der Waals surface area contributed by atoms with E-state index in [1.807, 2.05) is 0 Å². The van der Waals surface area contributed by atoms with Gasteiger partial charge in [0.25, 0.3) is 11.8 Å². The standard InChI is InChI=1S/C20H17FN2O4/c21-12-7-9-13(10-8-12)22-20(25)18-17(14-4-1-2-5-15(14)27-18)23-19(24)16-6-3-11-26-16/h1-2,4-5,7-10,16H,3,6,11H2,(H,22,25)(H,23,24)/t16-/m0/s1. The number of carbonyl (C=O) groups excluding carboxylic acids is 2. The van der Waals surface area contributed by atoms with E-state index in [4.69, 9.17) is 9.15 Å². The molecule has 2 aromatic carbocycles.